The zero-order valence-electron chi connectivity index (χ0n) is 10.2. The largest absolute Gasteiger partial charge is 0.461 e. The molecule has 0 aliphatic heterocycles. The van der Waals surface area contributed by atoms with Crippen molar-refractivity contribution in [2.75, 3.05) is 6.61 Å². The molecule has 0 radical (unpaired) electrons. The second-order valence-electron chi connectivity index (χ2n) is 3.78. The molecule has 0 fully saturated rings. The molecule has 0 aromatic rings. The molecule has 0 saturated carbocycles. The van der Waals surface area contributed by atoms with Crippen LogP contribution in [0.2, 0.25) is 0 Å². The maximum atomic E-state index is 10.8. The first-order valence-corrected chi connectivity index (χ1v) is 5.54. The van der Waals surface area contributed by atoms with Crippen molar-refractivity contribution in [3.63, 3.8) is 0 Å². The van der Waals surface area contributed by atoms with Crippen LogP contribution in [-0.2, 0) is 9.53 Å². The predicted octanol–water partition coefficient (Wildman–Crippen LogP) is 3.49. The molecule has 0 saturated heterocycles. The van der Waals surface area contributed by atoms with Crippen molar-refractivity contribution in [2.24, 2.45) is 5.92 Å². The number of ether oxygens (including phenoxy) is 1. The van der Waals surface area contributed by atoms with Gasteiger partial charge >= 0.3 is 5.97 Å². The van der Waals surface area contributed by atoms with Crippen LogP contribution in [0.25, 0.3) is 0 Å². The Labute approximate surface area is 93.0 Å². The van der Waals surface area contributed by atoms with Crippen LogP contribution in [0.1, 0.15) is 40.5 Å². The molecule has 2 heteroatoms. The van der Waals surface area contributed by atoms with Gasteiger partial charge in [-0.15, -0.1) is 0 Å². The molecule has 0 rings (SSSR count). The Bertz CT molecular complexity index is 239. The maximum Gasteiger partial charge on any atom is 0.305 e. The summed E-state index contributed by atoms with van der Waals surface area (Å²) in [5, 5.41) is 0. The number of rotatable bonds is 6. The molecule has 15 heavy (non-hydrogen) atoms. The fourth-order valence-electron chi connectivity index (χ4n) is 1.22. The van der Waals surface area contributed by atoms with Crippen LogP contribution in [-0.4, -0.2) is 12.6 Å². The number of carbonyl (C=O) groups is 1. The lowest BCUT2D eigenvalue weighted by molar-refractivity contribution is -0.141. The Kier molecular flexibility index (Phi) is 7.69. The van der Waals surface area contributed by atoms with E-state index in [-0.39, 0.29) is 5.97 Å². The van der Waals surface area contributed by atoms with Gasteiger partial charge in [-0.05, 0) is 26.2 Å². The standard InChI is InChI=1S/C13H22O2/c1-5-11(3)10-12(4)8-7-9-15-13(14)6-2/h5,7-8,12H,6,9-10H2,1-4H3/b8-7+,11-5+. The van der Waals surface area contributed by atoms with Crippen molar-refractivity contribution in [2.45, 2.75) is 40.5 Å². The molecule has 0 spiro atoms. The number of carbonyl (C=O) groups excluding carboxylic acids is 1. The van der Waals surface area contributed by atoms with Gasteiger partial charge in [0, 0.05) is 6.42 Å². The van der Waals surface area contributed by atoms with E-state index in [1.807, 2.05) is 6.08 Å². The number of esters is 1. The summed E-state index contributed by atoms with van der Waals surface area (Å²) in [5.41, 5.74) is 1.39. The first kappa shape index (κ1) is 13.9. The molecular weight excluding hydrogens is 188 g/mol. The Morgan fingerprint density at radius 3 is 2.67 bits per heavy atom. The van der Waals surface area contributed by atoms with Gasteiger partial charge in [0.1, 0.15) is 6.61 Å². The van der Waals surface area contributed by atoms with Crippen molar-refractivity contribution < 1.29 is 9.53 Å². The summed E-state index contributed by atoms with van der Waals surface area (Å²) in [4.78, 5) is 10.8. The summed E-state index contributed by atoms with van der Waals surface area (Å²) in [6.45, 7) is 8.53. The third-order valence-corrected chi connectivity index (χ3v) is 2.23. The van der Waals surface area contributed by atoms with Crippen LogP contribution in [0.3, 0.4) is 0 Å². The van der Waals surface area contributed by atoms with Crippen molar-refractivity contribution in [3.05, 3.63) is 23.8 Å². The maximum absolute atomic E-state index is 10.8. The van der Waals surface area contributed by atoms with E-state index in [2.05, 4.69) is 32.9 Å². The topological polar surface area (TPSA) is 26.3 Å². The lowest BCUT2D eigenvalue weighted by Gasteiger charge is -2.05. The molecule has 2 nitrogen and oxygen atoms in total. The average molecular weight is 210 g/mol. The Balaban J connectivity index is 3.72. The summed E-state index contributed by atoms with van der Waals surface area (Å²) >= 11 is 0. The summed E-state index contributed by atoms with van der Waals surface area (Å²) < 4.78 is 4.93. The van der Waals surface area contributed by atoms with Gasteiger partial charge in [0.15, 0.2) is 0 Å². The second-order valence-corrected chi connectivity index (χ2v) is 3.78. The highest BCUT2D eigenvalue weighted by molar-refractivity contribution is 5.68. The van der Waals surface area contributed by atoms with Gasteiger partial charge in [-0.25, -0.2) is 0 Å². The van der Waals surface area contributed by atoms with Crippen LogP contribution in [0.15, 0.2) is 23.8 Å². The summed E-state index contributed by atoms with van der Waals surface area (Å²) in [6, 6.07) is 0. The van der Waals surface area contributed by atoms with Crippen molar-refractivity contribution in [3.8, 4) is 0 Å². The summed E-state index contributed by atoms with van der Waals surface area (Å²) in [5.74, 6) is 0.360. The van der Waals surface area contributed by atoms with Gasteiger partial charge in [-0.2, -0.15) is 0 Å². The van der Waals surface area contributed by atoms with Gasteiger partial charge < -0.3 is 4.74 Å². The third kappa shape index (κ3) is 7.98. The van der Waals surface area contributed by atoms with E-state index >= 15 is 0 Å². The van der Waals surface area contributed by atoms with Crippen LogP contribution in [0.5, 0.6) is 0 Å². The quantitative estimate of drug-likeness (QED) is 0.495. The Morgan fingerprint density at radius 1 is 1.47 bits per heavy atom. The monoisotopic (exact) mass is 210 g/mol. The zero-order chi connectivity index (χ0) is 11.7. The molecule has 0 N–H and O–H groups in total. The molecule has 1 unspecified atom stereocenters. The highest BCUT2D eigenvalue weighted by atomic mass is 16.5. The Morgan fingerprint density at radius 2 is 2.13 bits per heavy atom. The first-order valence-electron chi connectivity index (χ1n) is 5.54. The summed E-state index contributed by atoms with van der Waals surface area (Å²) in [6.07, 6.45) is 7.65. The third-order valence-electron chi connectivity index (χ3n) is 2.23. The van der Waals surface area contributed by atoms with Crippen LogP contribution in [0.4, 0.5) is 0 Å². The lowest BCUT2D eigenvalue weighted by atomic mass is 10.0. The molecule has 0 amide bonds. The second kappa shape index (κ2) is 8.27. The molecule has 0 aromatic carbocycles. The minimum atomic E-state index is -0.142. The highest BCUT2D eigenvalue weighted by Gasteiger charge is 1.98. The molecular formula is C13H22O2. The van der Waals surface area contributed by atoms with E-state index < -0.39 is 0 Å². The molecule has 0 aliphatic carbocycles. The number of allylic oxidation sites excluding steroid dienone is 3. The molecule has 0 heterocycles. The normalized spacial score (nSPS) is 14.3. The van der Waals surface area contributed by atoms with E-state index in [1.165, 1.54) is 5.57 Å². The van der Waals surface area contributed by atoms with E-state index in [0.717, 1.165) is 6.42 Å². The average Bonchev–Trinajstić information content (AvgIpc) is 2.23. The van der Waals surface area contributed by atoms with Gasteiger partial charge in [0.2, 0.25) is 0 Å². The van der Waals surface area contributed by atoms with Crippen LogP contribution >= 0.6 is 0 Å². The fourth-order valence-corrected chi connectivity index (χ4v) is 1.22. The van der Waals surface area contributed by atoms with Crippen molar-refractivity contribution >= 4 is 5.97 Å². The Hall–Kier alpha value is -1.05. The van der Waals surface area contributed by atoms with Crippen molar-refractivity contribution in [1.29, 1.82) is 0 Å². The zero-order valence-corrected chi connectivity index (χ0v) is 10.2. The van der Waals surface area contributed by atoms with E-state index in [4.69, 9.17) is 4.74 Å². The van der Waals surface area contributed by atoms with Gasteiger partial charge in [-0.3, -0.25) is 4.79 Å². The van der Waals surface area contributed by atoms with E-state index in [1.54, 1.807) is 6.92 Å². The fraction of sp³-hybridized carbons (Fsp3) is 0.615. The van der Waals surface area contributed by atoms with E-state index in [9.17, 15) is 4.79 Å². The van der Waals surface area contributed by atoms with Gasteiger partial charge in [-0.1, -0.05) is 37.6 Å². The van der Waals surface area contributed by atoms with E-state index in [0.29, 0.717) is 18.9 Å². The molecule has 86 valence electrons. The molecule has 0 aromatic heterocycles. The van der Waals surface area contributed by atoms with Crippen LogP contribution in [0, 0.1) is 5.92 Å². The highest BCUT2D eigenvalue weighted by Crippen LogP contribution is 2.11. The molecule has 0 bridgehead atoms. The smallest absolute Gasteiger partial charge is 0.305 e. The molecule has 0 aliphatic rings. The SMILES string of the molecule is C/C=C(\C)CC(C)/C=C/COC(=O)CC. The van der Waals surface area contributed by atoms with Crippen molar-refractivity contribution in [1.82, 2.24) is 0 Å². The van der Waals surface area contributed by atoms with Gasteiger partial charge in [0.25, 0.3) is 0 Å². The number of hydrogen-bond acceptors (Lipinski definition) is 2. The first-order chi connectivity index (χ1) is 7.10. The van der Waals surface area contributed by atoms with Gasteiger partial charge in [0.05, 0.1) is 0 Å². The lowest BCUT2D eigenvalue weighted by Crippen LogP contribution is -2.02. The predicted molar refractivity (Wildman–Crippen MR) is 63.6 cm³/mol. The van der Waals surface area contributed by atoms with Crippen LogP contribution < -0.4 is 0 Å². The minimum absolute atomic E-state index is 0.142. The minimum Gasteiger partial charge on any atom is -0.461 e. The molecule has 1 atom stereocenters. The number of hydrogen-bond donors (Lipinski definition) is 0. The summed E-state index contributed by atoms with van der Waals surface area (Å²) in [7, 11) is 0.